The molecule has 2 aromatic rings. The molecule has 1 amide bonds. The predicted molar refractivity (Wildman–Crippen MR) is 90.7 cm³/mol. The van der Waals surface area contributed by atoms with Crippen molar-refractivity contribution in [2.24, 2.45) is 5.92 Å². The summed E-state index contributed by atoms with van der Waals surface area (Å²) < 4.78 is 0. The van der Waals surface area contributed by atoms with Crippen molar-refractivity contribution >= 4 is 28.6 Å². The van der Waals surface area contributed by atoms with Crippen LogP contribution >= 0.6 is 11.3 Å². The lowest BCUT2D eigenvalue weighted by Gasteiger charge is -2.34. The van der Waals surface area contributed by atoms with Crippen molar-refractivity contribution in [3.05, 3.63) is 46.7 Å². The minimum absolute atomic E-state index is 0.0623. The van der Waals surface area contributed by atoms with Gasteiger partial charge < -0.3 is 15.3 Å². The van der Waals surface area contributed by atoms with Gasteiger partial charge in [-0.05, 0) is 42.3 Å². The Bertz CT molecular complexity index is 619. The van der Waals surface area contributed by atoms with Gasteiger partial charge in [-0.3, -0.25) is 4.79 Å². The van der Waals surface area contributed by atoms with Crippen LogP contribution in [-0.4, -0.2) is 30.7 Å². The number of benzene rings is 1. The molecule has 2 heterocycles. The Morgan fingerprint density at radius 1 is 1.23 bits per heavy atom. The van der Waals surface area contributed by atoms with Crippen molar-refractivity contribution < 1.29 is 9.90 Å². The molecule has 1 aromatic heterocycles. The van der Waals surface area contributed by atoms with Gasteiger partial charge in [0.05, 0.1) is 16.3 Å². The van der Waals surface area contributed by atoms with Crippen molar-refractivity contribution in [1.82, 2.24) is 0 Å². The number of hydrogen-bond acceptors (Lipinski definition) is 4. The highest BCUT2D eigenvalue weighted by Gasteiger charge is 2.21. The van der Waals surface area contributed by atoms with Gasteiger partial charge in [0.25, 0.3) is 5.91 Å². The van der Waals surface area contributed by atoms with Gasteiger partial charge in [-0.15, -0.1) is 11.3 Å². The van der Waals surface area contributed by atoms with Crippen molar-refractivity contribution in [3.8, 4) is 0 Å². The summed E-state index contributed by atoms with van der Waals surface area (Å²) in [6, 6.07) is 11.6. The summed E-state index contributed by atoms with van der Waals surface area (Å²) >= 11 is 1.44. The maximum Gasteiger partial charge on any atom is 0.265 e. The number of rotatable bonds is 4. The van der Waals surface area contributed by atoms with Gasteiger partial charge >= 0.3 is 0 Å². The van der Waals surface area contributed by atoms with Gasteiger partial charge in [-0.25, -0.2) is 0 Å². The average Bonchev–Trinajstić information content (AvgIpc) is 3.10. The second-order valence-electron chi connectivity index (χ2n) is 5.56. The highest BCUT2D eigenvalue weighted by Crippen LogP contribution is 2.30. The van der Waals surface area contributed by atoms with Crippen LogP contribution in [0.4, 0.5) is 11.4 Å². The smallest absolute Gasteiger partial charge is 0.265 e. The summed E-state index contributed by atoms with van der Waals surface area (Å²) in [6.45, 7) is 2.10. The zero-order chi connectivity index (χ0) is 15.4. The Morgan fingerprint density at radius 3 is 2.68 bits per heavy atom. The molecule has 2 N–H and O–H groups in total. The summed E-state index contributed by atoms with van der Waals surface area (Å²) in [6.07, 6.45) is 1.98. The van der Waals surface area contributed by atoms with Crippen molar-refractivity contribution in [3.63, 3.8) is 0 Å². The fourth-order valence-electron chi connectivity index (χ4n) is 2.80. The van der Waals surface area contributed by atoms with E-state index in [2.05, 4.69) is 10.2 Å². The summed E-state index contributed by atoms with van der Waals surface area (Å²) in [4.78, 5) is 15.3. The number of hydrogen-bond donors (Lipinski definition) is 2. The number of piperidine rings is 1. The lowest BCUT2D eigenvalue weighted by atomic mass is 9.97. The number of aliphatic hydroxyl groups is 1. The number of anilines is 2. The minimum Gasteiger partial charge on any atom is -0.396 e. The molecule has 22 heavy (non-hydrogen) atoms. The van der Waals surface area contributed by atoms with Gasteiger partial charge in [-0.2, -0.15) is 0 Å². The minimum atomic E-state index is -0.0623. The summed E-state index contributed by atoms with van der Waals surface area (Å²) in [5.41, 5.74) is 1.91. The maximum atomic E-state index is 12.3. The van der Waals surface area contributed by atoms with E-state index in [1.54, 1.807) is 0 Å². The van der Waals surface area contributed by atoms with E-state index < -0.39 is 0 Å². The molecule has 5 heteroatoms. The van der Waals surface area contributed by atoms with E-state index in [9.17, 15) is 9.90 Å². The zero-order valence-electron chi connectivity index (χ0n) is 12.4. The van der Waals surface area contributed by atoms with Gasteiger partial charge in [0.15, 0.2) is 0 Å². The highest BCUT2D eigenvalue weighted by atomic mass is 32.1. The third-order valence-electron chi connectivity index (χ3n) is 4.11. The Morgan fingerprint density at radius 2 is 2.00 bits per heavy atom. The second kappa shape index (κ2) is 6.94. The number of nitrogens with one attached hydrogen (secondary N) is 1. The van der Waals surface area contributed by atoms with E-state index in [0.717, 1.165) is 37.3 Å². The van der Waals surface area contributed by atoms with Gasteiger partial charge in [0, 0.05) is 19.7 Å². The molecule has 116 valence electrons. The van der Waals surface area contributed by atoms with Crippen LogP contribution in [0.25, 0.3) is 0 Å². The molecule has 3 rings (SSSR count). The Kier molecular flexibility index (Phi) is 4.75. The molecule has 0 unspecified atom stereocenters. The van der Waals surface area contributed by atoms with E-state index in [-0.39, 0.29) is 12.5 Å². The van der Waals surface area contributed by atoms with Crippen LogP contribution in [0, 0.1) is 5.92 Å². The topological polar surface area (TPSA) is 52.6 Å². The third kappa shape index (κ3) is 3.31. The first-order chi connectivity index (χ1) is 10.8. The van der Waals surface area contributed by atoms with E-state index >= 15 is 0 Å². The molecule has 0 saturated carbocycles. The molecule has 1 fully saturated rings. The first-order valence-electron chi connectivity index (χ1n) is 7.57. The number of thiophene rings is 1. The van der Waals surface area contributed by atoms with E-state index in [1.807, 2.05) is 41.8 Å². The summed E-state index contributed by atoms with van der Waals surface area (Å²) in [5, 5.41) is 14.2. The molecule has 1 aliphatic rings. The molecule has 0 atom stereocenters. The number of carbonyl (C=O) groups excluding carboxylic acids is 1. The Hall–Kier alpha value is -1.85. The van der Waals surface area contributed by atoms with Crippen LogP contribution in [0.5, 0.6) is 0 Å². The Labute approximate surface area is 134 Å². The molecule has 0 radical (unpaired) electrons. The van der Waals surface area contributed by atoms with Crippen LogP contribution in [0.3, 0.4) is 0 Å². The molecular formula is C17H20N2O2S. The largest absolute Gasteiger partial charge is 0.396 e. The van der Waals surface area contributed by atoms with E-state index in [4.69, 9.17) is 0 Å². The van der Waals surface area contributed by atoms with Gasteiger partial charge in [0.1, 0.15) is 0 Å². The first kappa shape index (κ1) is 15.1. The number of nitrogens with zero attached hydrogens (tertiary/aromatic N) is 1. The van der Waals surface area contributed by atoms with Crippen LogP contribution < -0.4 is 10.2 Å². The monoisotopic (exact) mass is 316 g/mol. The van der Waals surface area contributed by atoms with Crippen LogP contribution in [0.1, 0.15) is 22.5 Å². The maximum absolute atomic E-state index is 12.3. The summed E-state index contributed by atoms with van der Waals surface area (Å²) in [5.74, 6) is 0.344. The van der Waals surface area contributed by atoms with Crippen molar-refractivity contribution in [2.75, 3.05) is 29.9 Å². The SMILES string of the molecule is O=C(Nc1ccccc1N1CCC(CO)CC1)c1cccs1. The van der Waals surface area contributed by atoms with Gasteiger partial charge in [-0.1, -0.05) is 18.2 Å². The molecule has 1 saturated heterocycles. The quantitative estimate of drug-likeness (QED) is 0.910. The van der Waals surface area contributed by atoms with Crippen LogP contribution in [0.15, 0.2) is 41.8 Å². The molecule has 0 aliphatic carbocycles. The molecular weight excluding hydrogens is 296 g/mol. The van der Waals surface area contributed by atoms with Gasteiger partial charge in [0.2, 0.25) is 0 Å². The highest BCUT2D eigenvalue weighted by molar-refractivity contribution is 7.12. The third-order valence-corrected chi connectivity index (χ3v) is 4.98. The lowest BCUT2D eigenvalue weighted by molar-refractivity contribution is 0.103. The number of para-hydroxylation sites is 2. The second-order valence-corrected chi connectivity index (χ2v) is 6.51. The van der Waals surface area contributed by atoms with Crippen LogP contribution in [0.2, 0.25) is 0 Å². The van der Waals surface area contributed by atoms with E-state index in [1.165, 1.54) is 11.3 Å². The van der Waals surface area contributed by atoms with E-state index in [0.29, 0.717) is 10.8 Å². The van der Waals surface area contributed by atoms with Crippen LogP contribution in [-0.2, 0) is 0 Å². The normalized spacial score (nSPS) is 15.8. The molecule has 4 nitrogen and oxygen atoms in total. The molecule has 1 aliphatic heterocycles. The first-order valence-corrected chi connectivity index (χ1v) is 8.45. The molecule has 1 aromatic carbocycles. The van der Waals surface area contributed by atoms with Crippen molar-refractivity contribution in [1.29, 1.82) is 0 Å². The Balaban J connectivity index is 1.74. The molecule has 0 bridgehead atoms. The number of carbonyl (C=O) groups is 1. The fraction of sp³-hybridized carbons (Fsp3) is 0.353. The van der Waals surface area contributed by atoms with Crippen molar-refractivity contribution in [2.45, 2.75) is 12.8 Å². The standard InChI is InChI=1S/C17H20N2O2S/c20-12-13-7-9-19(10-8-13)15-5-2-1-4-14(15)18-17(21)16-6-3-11-22-16/h1-6,11,13,20H,7-10,12H2,(H,18,21). The number of aliphatic hydroxyl groups excluding tert-OH is 1. The predicted octanol–water partition coefficient (Wildman–Crippen LogP) is 3.21. The molecule has 0 spiro atoms. The summed E-state index contributed by atoms with van der Waals surface area (Å²) in [7, 11) is 0. The number of amides is 1. The lowest BCUT2D eigenvalue weighted by Crippen LogP contribution is -2.35. The zero-order valence-corrected chi connectivity index (χ0v) is 13.2. The fourth-order valence-corrected chi connectivity index (χ4v) is 3.42. The average molecular weight is 316 g/mol.